The van der Waals surface area contributed by atoms with Crippen molar-refractivity contribution < 1.29 is 13.5 Å². The van der Waals surface area contributed by atoms with Crippen LogP contribution in [0.25, 0.3) is 0 Å². The average molecular weight is 522 g/mol. The number of hydrogen-bond donors (Lipinski definition) is 3. The number of nitrogens with zero attached hydrogens (tertiary/aromatic N) is 3. The highest BCUT2D eigenvalue weighted by Crippen LogP contribution is 2.34. The number of halogens is 1. The average Bonchev–Trinajstić information content (AvgIpc) is 3.09. The lowest BCUT2D eigenvalue weighted by Crippen LogP contribution is -2.39. The van der Waals surface area contributed by atoms with Crippen LogP contribution in [0.2, 0.25) is 5.02 Å². The third kappa shape index (κ3) is 6.62. The third-order valence-corrected chi connectivity index (χ3v) is 7.78. The Balaban J connectivity index is 1.54. The minimum absolute atomic E-state index is 0.0809. The van der Waals surface area contributed by atoms with Crippen LogP contribution in [0, 0.1) is 5.92 Å². The van der Waals surface area contributed by atoms with Crippen molar-refractivity contribution >= 4 is 40.3 Å². The van der Waals surface area contributed by atoms with Gasteiger partial charge in [-0.15, -0.1) is 0 Å². The van der Waals surface area contributed by atoms with Gasteiger partial charge in [-0.05, 0) is 55.8 Å². The lowest BCUT2D eigenvalue weighted by Gasteiger charge is -2.33. The molecule has 3 N–H and O–H groups in total. The van der Waals surface area contributed by atoms with Gasteiger partial charge in [-0.1, -0.05) is 31.4 Å². The smallest absolute Gasteiger partial charge is 0.229 e. The van der Waals surface area contributed by atoms with E-state index in [2.05, 4.69) is 37.1 Å². The van der Waals surface area contributed by atoms with Crippen molar-refractivity contribution in [2.24, 2.45) is 5.92 Å². The zero-order valence-corrected chi connectivity index (χ0v) is 21.9. The summed E-state index contributed by atoms with van der Waals surface area (Å²) in [5.41, 5.74) is 3.44. The molecule has 2 aromatic rings. The van der Waals surface area contributed by atoms with Crippen molar-refractivity contribution in [3.63, 3.8) is 0 Å². The van der Waals surface area contributed by atoms with Gasteiger partial charge in [-0.2, -0.15) is 4.98 Å². The quantitative estimate of drug-likeness (QED) is 0.428. The molecule has 11 heteroatoms. The van der Waals surface area contributed by atoms with Crippen molar-refractivity contribution in [1.29, 1.82) is 0 Å². The predicted molar refractivity (Wildman–Crippen MR) is 139 cm³/mol. The third-order valence-electron chi connectivity index (χ3n) is 7.10. The van der Waals surface area contributed by atoms with E-state index in [4.69, 9.17) is 16.3 Å². The second-order valence-corrected chi connectivity index (χ2v) is 10.3. The molecule has 0 spiro atoms. The summed E-state index contributed by atoms with van der Waals surface area (Å²) in [7, 11) is 1.72. The van der Waals surface area contributed by atoms with Gasteiger partial charge in [0.05, 0.1) is 13.3 Å². The first-order valence-electron chi connectivity index (χ1n) is 12.3. The van der Waals surface area contributed by atoms with Gasteiger partial charge >= 0.3 is 0 Å². The topological polar surface area (TPSA) is 114 Å². The standard InChI is InChI=1S/C24H35ClN6O3S/c1-3-31-12-10-17-18(11-13-31)22(34-2)9-8-21(17)29-24-26-15-19(25)23(30-24)28-20-7-5-4-6-16(20)14-27-35(32)33/h8-9,15-16,20,27H,3-7,10-14H2,1-2H3,(H,32,33)(H2,26,28,29,30)/p-1/t16-,20-/m1/s1. The maximum atomic E-state index is 11.0. The van der Waals surface area contributed by atoms with Gasteiger partial charge in [-0.3, -0.25) is 4.21 Å². The fourth-order valence-electron chi connectivity index (χ4n) is 5.15. The van der Waals surface area contributed by atoms with Gasteiger partial charge < -0.3 is 24.8 Å². The first-order valence-corrected chi connectivity index (χ1v) is 13.7. The van der Waals surface area contributed by atoms with Crippen LogP contribution in [-0.2, 0) is 24.1 Å². The second kappa shape index (κ2) is 12.3. The van der Waals surface area contributed by atoms with E-state index in [9.17, 15) is 8.76 Å². The Labute approximate surface area is 214 Å². The van der Waals surface area contributed by atoms with Gasteiger partial charge in [0.25, 0.3) is 0 Å². The molecule has 2 heterocycles. The van der Waals surface area contributed by atoms with Gasteiger partial charge in [0.15, 0.2) is 5.82 Å². The molecule has 2 aliphatic rings. The Morgan fingerprint density at radius 3 is 2.74 bits per heavy atom. The first kappa shape index (κ1) is 26.1. The Hall–Kier alpha value is -1.98. The summed E-state index contributed by atoms with van der Waals surface area (Å²) < 4.78 is 30.2. The number of fused-ring (bicyclic) bond motifs is 1. The lowest BCUT2D eigenvalue weighted by molar-refractivity contribution is 0.302. The van der Waals surface area contributed by atoms with Gasteiger partial charge in [-0.25, -0.2) is 9.71 Å². The number of likely N-dealkylation sites (N-methyl/N-ethyl adjacent to an activating group) is 1. The van der Waals surface area contributed by atoms with E-state index in [-0.39, 0.29) is 12.0 Å². The summed E-state index contributed by atoms with van der Waals surface area (Å²) in [5.74, 6) is 2.11. The predicted octanol–water partition coefficient (Wildman–Crippen LogP) is 3.66. The van der Waals surface area contributed by atoms with Crippen molar-refractivity contribution in [2.45, 2.75) is 51.5 Å². The van der Waals surface area contributed by atoms with Crippen LogP contribution in [0.1, 0.15) is 43.7 Å². The second-order valence-electron chi connectivity index (χ2n) is 9.10. The van der Waals surface area contributed by atoms with Crippen molar-refractivity contribution in [1.82, 2.24) is 19.6 Å². The SMILES string of the molecule is CCN1CCc2c(Nc3ncc(Cl)c(N[C@@H]4CCCC[C@@H]4CNS(=O)[O-])n3)ccc(OC)c2CC1. The van der Waals surface area contributed by atoms with Crippen LogP contribution in [0.3, 0.4) is 0 Å². The molecule has 192 valence electrons. The summed E-state index contributed by atoms with van der Waals surface area (Å²) in [4.78, 5) is 11.6. The monoisotopic (exact) mass is 521 g/mol. The molecule has 0 saturated heterocycles. The number of nitrogens with one attached hydrogen (secondary N) is 3. The van der Waals surface area contributed by atoms with Crippen molar-refractivity contribution in [3.8, 4) is 5.75 Å². The number of rotatable bonds is 9. The summed E-state index contributed by atoms with van der Waals surface area (Å²) in [6.45, 7) is 5.61. The Kier molecular flexibility index (Phi) is 9.18. The Morgan fingerprint density at radius 1 is 1.23 bits per heavy atom. The van der Waals surface area contributed by atoms with E-state index in [1.165, 1.54) is 11.1 Å². The zero-order valence-electron chi connectivity index (χ0n) is 20.3. The fourth-order valence-corrected chi connectivity index (χ4v) is 5.64. The van der Waals surface area contributed by atoms with Crippen LogP contribution in [0.4, 0.5) is 17.5 Å². The molecule has 1 aromatic heterocycles. The van der Waals surface area contributed by atoms with E-state index in [1.54, 1.807) is 13.3 Å². The molecule has 9 nitrogen and oxygen atoms in total. The van der Waals surface area contributed by atoms with E-state index < -0.39 is 11.3 Å². The lowest BCUT2D eigenvalue weighted by atomic mass is 9.84. The van der Waals surface area contributed by atoms with Crippen molar-refractivity contribution in [3.05, 3.63) is 34.5 Å². The summed E-state index contributed by atoms with van der Waals surface area (Å²) in [6, 6.07) is 4.10. The molecule has 0 radical (unpaired) electrons. The summed E-state index contributed by atoms with van der Waals surface area (Å²) in [5, 5.41) is 7.31. The highest BCUT2D eigenvalue weighted by atomic mass is 35.5. The van der Waals surface area contributed by atoms with E-state index in [0.717, 1.165) is 69.6 Å². The van der Waals surface area contributed by atoms with Crippen LogP contribution in [0.5, 0.6) is 5.75 Å². The molecule has 3 atom stereocenters. The largest absolute Gasteiger partial charge is 0.760 e. The fraction of sp³-hybridized carbons (Fsp3) is 0.583. The van der Waals surface area contributed by atoms with Crippen LogP contribution < -0.4 is 20.1 Å². The van der Waals surface area contributed by atoms with Gasteiger partial charge in [0.1, 0.15) is 10.8 Å². The summed E-state index contributed by atoms with van der Waals surface area (Å²) >= 11 is 4.18. The Morgan fingerprint density at radius 2 is 2.00 bits per heavy atom. The normalized spacial score (nSPS) is 21.6. The van der Waals surface area contributed by atoms with E-state index >= 15 is 0 Å². The number of ether oxygens (including phenoxy) is 1. The molecular formula is C24H34ClN6O3S-. The van der Waals surface area contributed by atoms with Crippen molar-refractivity contribution in [2.75, 3.05) is 43.9 Å². The number of benzene rings is 1. The molecule has 1 aromatic carbocycles. The molecule has 1 aliphatic carbocycles. The molecule has 1 fully saturated rings. The van der Waals surface area contributed by atoms with Gasteiger partial charge in [0, 0.05) is 48.2 Å². The molecule has 4 rings (SSSR count). The minimum Gasteiger partial charge on any atom is -0.760 e. The molecule has 1 aliphatic heterocycles. The number of hydrogen-bond acceptors (Lipinski definition) is 8. The zero-order chi connectivity index (χ0) is 24.8. The van der Waals surface area contributed by atoms with E-state index in [0.29, 0.717) is 23.3 Å². The summed E-state index contributed by atoms with van der Waals surface area (Å²) in [6.07, 6.45) is 7.49. The molecule has 1 saturated carbocycles. The van der Waals surface area contributed by atoms with Crippen LogP contribution in [-0.4, -0.2) is 63.0 Å². The highest BCUT2D eigenvalue weighted by molar-refractivity contribution is 7.77. The minimum atomic E-state index is -2.27. The van der Waals surface area contributed by atoms with Gasteiger partial charge in [0.2, 0.25) is 5.95 Å². The van der Waals surface area contributed by atoms with Crippen LogP contribution in [0.15, 0.2) is 18.3 Å². The number of aromatic nitrogens is 2. The number of anilines is 3. The molecular weight excluding hydrogens is 488 g/mol. The molecule has 0 amide bonds. The molecule has 35 heavy (non-hydrogen) atoms. The molecule has 0 bridgehead atoms. The molecule has 1 unspecified atom stereocenters. The number of methoxy groups -OCH3 is 1. The maximum absolute atomic E-state index is 11.0. The highest BCUT2D eigenvalue weighted by Gasteiger charge is 2.26. The van der Waals surface area contributed by atoms with E-state index in [1.807, 2.05) is 12.1 Å². The first-order chi connectivity index (χ1) is 17.0. The van der Waals surface area contributed by atoms with Crippen LogP contribution >= 0.6 is 11.6 Å². The Bertz CT molecular complexity index is 1040. The maximum Gasteiger partial charge on any atom is 0.229 e.